The van der Waals surface area contributed by atoms with E-state index in [4.69, 9.17) is 4.74 Å². The smallest absolute Gasteiger partial charge is 0.462 e. The molecule has 1 unspecified atom stereocenters. The molecule has 0 amide bonds. The number of aromatic nitrogens is 3. The Bertz CT molecular complexity index is 1050. The Morgan fingerprint density at radius 1 is 1.03 bits per heavy atom. The Balaban J connectivity index is 1.55. The standard InChI is InChI=1S/C25H28F3N3O3/c1-3-4-5-6-7-18(2)33-23(32)16-19-8-10-20(11-9-19)24-29-17-31(30-24)21-12-14-22(15-13-21)34-25(26,27)28/h8-15,17-18H,3-7,16H2,1-2H3. The molecule has 6 nitrogen and oxygen atoms in total. The van der Waals surface area contributed by atoms with Gasteiger partial charge in [-0.25, -0.2) is 9.67 Å². The summed E-state index contributed by atoms with van der Waals surface area (Å²) in [6.07, 6.45) is 2.29. The fourth-order valence-corrected chi connectivity index (χ4v) is 3.44. The molecule has 0 N–H and O–H groups in total. The number of hydrogen-bond acceptors (Lipinski definition) is 5. The fraction of sp³-hybridized carbons (Fsp3) is 0.400. The van der Waals surface area contributed by atoms with Gasteiger partial charge in [-0.05, 0) is 49.6 Å². The summed E-state index contributed by atoms with van der Waals surface area (Å²) < 4.78 is 47.7. The molecule has 1 heterocycles. The van der Waals surface area contributed by atoms with Gasteiger partial charge in [0, 0.05) is 5.56 Å². The molecule has 1 atom stereocenters. The van der Waals surface area contributed by atoms with Gasteiger partial charge in [0.05, 0.1) is 18.2 Å². The molecule has 2 aromatic carbocycles. The van der Waals surface area contributed by atoms with Crippen LogP contribution in [0.2, 0.25) is 0 Å². The van der Waals surface area contributed by atoms with E-state index in [1.165, 1.54) is 48.1 Å². The average Bonchev–Trinajstić information content (AvgIpc) is 3.27. The predicted molar refractivity (Wildman–Crippen MR) is 121 cm³/mol. The first kappa shape index (κ1) is 25.3. The quantitative estimate of drug-likeness (QED) is 0.241. The van der Waals surface area contributed by atoms with Gasteiger partial charge in [0.25, 0.3) is 0 Å². The first-order valence-corrected chi connectivity index (χ1v) is 11.3. The third-order valence-electron chi connectivity index (χ3n) is 5.18. The van der Waals surface area contributed by atoms with Crippen molar-refractivity contribution in [1.29, 1.82) is 0 Å². The van der Waals surface area contributed by atoms with Crippen molar-refractivity contribution < 1.29 is 27.4 Å². The first-order chi connectivity index (χ1) is 16.2. The van der Waals surface area contributed by atoms with Crippen molar-refractivity contribution in [3.05, 3.63) is 60.4 Å². The minimum atomic E-state index is -4.74. The number of nitrogens with zero attached hydrogens (tertiary/aromatic N) is 3. The van der Waals surface area contributed by atoms with Gasteiger partial charge in [-0.15, -0.1) is 18.3 Å². The maximum absolute atomic E-state index is 12.3. The zero-order chi connectivity index (χ0) is 24.6. The summed E-state index contributed by atoms with van der Waals surface area (Å²) in [5, 5.41) is 4.38. The highest BCUT2D eigenvalue weighted by molar-refractivity contribution is 5.73. The summed E-state index contributed by atoms with van der Waals surface area (Å²) in [5.74, 6) is -0.113. The topological polar surface area (TPSA) is 66.2 Å². The number of hydrogen-bond donors (Lipinski definition) is 0. The maximum atomic E-state index is 12.3. The number of esters is 1. The number of benzene rings is 2. The van der Waals surface area contributed by atoms with Gasteiger partial charge in [0.1, 0.15) is 12.1 Å². The summed E-state index contributed by atoms with van der Waals surface area (Å²) in [5.41, 5.74) is 2.11. The molecule has 0 aliphatic carbocycles. The van der Waals surface area contributed by atoms with Crippen LogP contribution in [0.15, 0.2) is 54.9 Å². The summed E-state index contributed by atoms with van der Waals surface area (Å²) >= 11 is 0. The highest BCUT2D eigenvalue weighted by atomic mass is 19.4. The van der Waals surface area contributed by atoms with E-state index in [1.54, 1.807) is 0 Å². The van der Waals surface area contributed by atoms with Crippen LogP contribution in [-0.4, -0.2) is 33.2 Å². The van der Waals surface area contributed by atoms with Gasteiger partial charge in [-0.2, -0.15) is 0 Å². The van der Waals surface area contributed by atoms with Crippen molar-refractivity contribution in [1.82, 2.24) is 14.8 Å². The molecule has 3 aromatic rings. The van der Waals surface area contributed by atoms with E-state index in [9.17, 15) is 18.0 Å². The molecule has 182 valence electrons. The lowest BCUT2D eigenvalue weighted by molar-refractivity contribution is -0.274. The van der Waals surface area contributed by atoms with E-state index in [-0.39, 0.29) is 24.2 Å². The SMILES string of the molecule is CCCCCCC(C)OC(=O)Cc1ccc(-c2ncn(-c3ccc(OC(F)(F)F)cc3)n2)cc1. The number of halogens is 3. The highest BCUT2D eigenvalue weighted by Gasteiger charge is 2.31. The fourth-order valence-electron chi connectivity index (χ4n) is 3.44. The molecular weight excluding hydrogens is 447 g/mol. The van der Waals surface area contributed by atoms with E-state index in [0.717, 1.165) is 30.4 Å². The molecular formula is C25H28F3N3O3. The predicted octanol–water partition coefficient (Wildman–Crippen LogP) is 6.28. The Morgan fingerprint density at radius 2 is 1.74 bits per heavy atom. The molecule has 34 heavy (non-hydrogen) atoms. The van der Waals surface area contributed by atoms with Crippen LogP contribution < -0.4 is 4.74 Å². The van der Waals surface area contributed by atoms with Crippen molar-refractivity contribution >= 4 is 5.97 Å². The minimum Gasteiger partial charge on any atom is -0.462 e. The Labute approximate surface area is 196 Å². The Kier molecular flexibility index (Phi) is 8.67. The van der Waals surface area contributed by atoms with Crippen molar-refractivity contribution in [3.63, 3.8) is 0 Å². The van der Waals surface area contributed by atoms with Gasteiger partial charge in [-0.1, -0.05) is 50.5 Å². The lowest BCUT2D eigenvalue weighted by Gasteiger charge is -2.13. The van der Waals surface area contributed by atoms with Crippen LogP contribution in [0.5, 0.6) is 5.75 Å². The monoisotopic (exact) mass is 475 g/mol. The molecule has 0 saturated carbocycles. The summed E-state index contributed by atoms with van der Waals surface area (Å²) in [6.45, 7) is 4.08. The average molecular weight is 476 g/mol. The van der Waals surface area contributed by atoms with E-state index in [2.05, 4.69) is 21.7 Å². The third kappa shape index (κ3) is 7.90. The number of alkyl halides is 3. The molecule has 0 bridgehead atoms. The molecule has 0 fully saturated rings. The molecule has 3 rings (SSSR count). The minimum absolute atomic E-state index is 0.0918. The summed E-state index contributed by atoms with van der Waals surface area (Å²) in [6, 6.07) is 12.6. The molecule has 0 radical (unpaired) electrons. The Hall–Kier alpha value is -3.36. The molecule has 0 spiro atoms. The van der Waals surface area contributed by atoms with Gasteiger partial charge in [0.15, 0.2) is 5.82 Å². The van der Waals surface area contributed by atoms with E-state index in [1.807, 2.05) is 31.2 Å². The Morgan fingerprint density at radius 3 is 2.38 bits per heavy atom. The van der Waals surface area contributed by atoms with Gasteiger partial charge in [0.2, 0.25) is 0 Å². The normalized spacial score (nSPS) is 12.4. The van der Waals surface area contributed by atoms with Crippen LogP contribution in [0.1, 0.15) is 51.5 Å². The van der Waals surface area contributed by atoms with E-state index < -0.39 is 6.36 Å². The van der Waals surface area contributed by atoms with Gasteiger partial charge >= 0.3 is 12.3 Å². The lowest BCUT2D eigenvalue weighted by atomic mass is 10.1. The molecule has 1 aromatic heterocycles. The number of rotatable bonds is 11. The first-order valence-electron chi connectivity index (χ1n) is 11.3. The van der Waals surface area contributed by atoms with Gasteiger partial charge < -0.3 is 9.47 Å². The molecule has 9 heteroatoms. The third-order valence-corrected chi connectivity index (χ3v) is 5.18. The number of carbonyl (C=O) groups is 1. The zero-order valence-corrected chi connectivity index (χ0v) is 19.2. The summed E-state index contributed by atoms with van der Waals surface area (Å²) in [4.78, 5) is 16.5. The zero-order valence-electron chi connectivity index (χ0n) is 19.2. The molecule has 0 saturated heterocycles. The second kappa shape index (κ2) is 11.7. The van der Waals surface area contributed by atoms with Gasteiger partial charge in [-0.3, -0.25) is 4.79 Å². The second-order valence-electron chi connectivity index (χ2n) is 8.08. The van der Waals surface area contributed by atoms with Crippen molar-refractivity contribution in [2.24, 2.45) is 0 Å². The van der Waals surface area contributed by atoms with Crippen LogP contribution in [0.25, 0.3) is 17.1 Å². The van der Waals surface area contributed by atoms with Crippen LogP contribution in [0, 0.1) is 0 Å². The van der Waals surface area contributed by atoms with E-state index in [0.29, 0.717) is 11.5 Å². The van der Waals surface area contributed by atoms with Crippen molar-refractivity contribution in [3.8, 4) is 22.8 Å². The van der Waals surface area contributed by atoms with Crippen LogP contribution >= 0.6 is 0 Å². The maximum Gasteiger partial charge on any atom is 0.573 e. The number of carbonyl (C=O) groups excluding carboxylic acids is 1. The van der Waals surface area contributed by atoms with Crippen molar-refractivity contribution in [2.75, 3.05) is 0 Å². The van der Waals surface area contributed by atoms with Crippen LogP contribution in [0.4, 0.5) is 13.2 Å². The molecule has 0 aliphatic heterocycles. The number of ether oxygens (including phenoxy) is 2. The van der Waals surface area contributed by atoms with Crippen molar-refractivity contribution in [2.45, 2.75) is 64.8 Å². The highest BCUT2D eigenvalue weighted by Crippen LogP contribution is 2.24. The number of unbranched alkanes of at least 4 members (excludes halogenated alkanes) is 3. The summed E-state index contributed by atoms with van der Waals surface area (Å²) in [7, 11) is 0. The van der Waals surface area contributed by atoms with E-state index >= 15 is 0 Å². The second-order valence-corrected chi connectivity index (χ2v) is 8.08. The lowest BCUT2D eigenvalue weighted by Crippen LogP contribution is -2.17. The molecule has 0 aliphatic rings. The largest absolute Gasteiger partial charge is 0.573 e. The van der Waals surface area contributed by atoms with Crippen LogP contribution in [0.3, 0.4) is 0 Å². The van der Waals surface area contributed by atoms with Crippen LogP contribution in [-0.2, 0) is 16.0 Å².